The van der Waals surface area contributed by atoms with Crippen molar-refractivity contribution in [3.63, 3.8) is 0 Å². The van der Waals surface area contributed by atoms with Crippen molar-refractivity contribution in [1.82, 2.24) is 9.55 Å². The van der Waals surface area contributed by atoms with Crippen molar-refractivity contribution >= 4 is 17.6 Å². The van der Waals surface area contributed by atoms with Gasteiger partial charge in [-0.1, -0.05) is 12.1 Å². The lowest BCUT2D eigenvalue weighted by Gasteiger charge is -2.26. The normalized spacial score (nSPS) is 15.2. The predicted octanol–water partition coefficient (Wildman–Crippen LogP) is 1.98. The molecule has 110 valence electrons. The summed E-state index contributed by atoms with van der Waals surface area (Å²) in [4.78, 5) is 18.8. The second-order valence-electron chi connectivity index (χ2n) is 4.91. The van der Waals surface area contributed by atoms with Crippen molar-refractivity contribution in [3.8, 4) is 0 Å². The Bertz CT molecular complexity index is 665. The van der Waals surface area contributed by atoms with Crippen molar-refractivity contribution in [2.45, 2.75) is 6.54 Å². The highest BCUT2D eigenvalue weighted by atomic mass is 32.2. The molecule has 0 unspecified atom stereocenters. The molecule has 1 fully saturated rings. The van der Waals surface area contributed by atoms with Gasteiger partial charge in [-0.05, 0) is 17.7 Å². The van der Waals surface area contributed by atoms with Gasteiger partial charge in [0.05, 0.1) is 6.54 Å². The summed E-state index contributed by atoms with van der Waals surface area (Å²) in [6, 6.07) is 6.20. The molecule has 0 radical (unpaired) electrons. The quantitative estimate of drug-likeness (QED) is 0.869. The minimum atomic E-state index is -0.271. The maximum absolute atomic E-state index is 12.9. The van der Waals surface area contributed by atoms with E-state index in [0.29, 0.717) is 12.4 Å². The standard InChI is InChI=1S/C15H16FN3OS/c16-13-3-1-12(2-4-13)11-19-6-5-17-14(15(19)20)18-7-9-21-10-8-18/h1-6H,7-11H2. The van der Waals surface area contributed by atoms with Crippen LogP contribution in [-0.2, 0) is 6.54 Å². The van der Waals surface area contributed by atoms with Crippen LogP contribution in [0.2, 0.25) is 0 Å². The van der Waals surface area contributed by atoms with Crippen LogP contribution in [0.1, 0.15) is 5.56 Å². The Hall–Kier alpha value is -1.82. The molecular weight excluding hydrogens is 289 g/mol. The topological polar surface area (TPSA) is 38.1 Å². The van der Waals surface area contributed by atoms with Gasteiger partial charge in [0.15, 0.2) is 5.82 Å². The second-order valence-corrected chi connectivity index (χ2v) is 6.13. The molecule has 4 nitrogen and oxygen atoms in total. The minimum absolute atomic E-state index is 0.0891. The Kier molecular flexibility index (Phi) is 4.24. The summed E-state index contributed by atoms with van der Waals surface area (Å²) in [5.41, 5.74) is 0.804. The van der Waals surface area contributed by atoms with E-state index in [0.717, 1.165) is 30.2 Å². The number of rotatable bonds is 3. The van der Waals surface area contributed by atoms with Gasteiger partial charge in [-0.2, -0.15) is 11.8 Å². The molecule has 0 N–H and O–H groups in total. The Morgan fingerprint density at radius 2 is 1.90 bits per heavy atom. The molecule has 0 aliphatic carbocycles. The fourth-order valence-electron chi connectivity index (χ4n) is 2.34. The van der Waals surface area contributed by atoms with Gasteiger partial charge in [0, 0.05) is 37.0 Å². The summed E-state index contributed by atoms with van der Waals surface area (Å²) >= 11 is 1.89. The number of thioether (sulfide) groups is 1. The summed E-state index contributed by atoms with van der Waals surface area (Å²) in [5.74, 6) is 2.29. The Morgan fingerprint density at radius 3 is 2.62 bits per heavy atom. The molecule has 6 heteroatoms. The minimum Gasteiger partial charge on any atom is -0.350 e. The van der Waals surface area contributed by atoms with Crippen LogP contribution >= 0.6 is 11.8 Å². The van der Waals surface area contributed by atoms with Crippen molar-refractivity contribution in [1.29, 1.82) is 0 Å². The smallest absolute Gasteiger partial charge is 0.293 e. The molecule has 3 rings (SSSR count). The predicted molar refractivity (Wildman–Crippen MR) is 83.5 cm³/mol. The van der Waals surface area contributed by atoms with Crippen molar-refractivity contribution < 1.29 is 4.39 Å². The first-order valence-corrected chi connectivity index (χ1v) is 8.02. The molecule has 0 atom stereocenters. The van der Waals surface area contributed by atoms with E-state index >= 15 is 0 Å². The average Bonchev–Trinajstić information content (AvgIpc) is 2.52. The third kappa shape index (κ3) is 3.26. The van der Waals surface area contributed by atoms with E-state index in [9.17, 15) is 9.18 Å². The number of benzene rings is 1. The third-order valence-corrected chi connectivity index (χ3v) is 4.41. The van der Waals surface area contributed by atoms with Gasteiger partial charge in [0.25, 0.3) is 5.56 Å². The van der Waals surface area contributed by atoms with Gasteiger partial charge in [-0.3, -0.25) is 4.79 Å². The molecule has 1 aromatic carbocycles. The van der Waals surface area contributed by atoms with Crippen molar-refractivity contribution in [3.05, 3.63) is 58.4 Å². The van der Waals surface area contributed by atoms with Gasteiger partial charge in [-0.25, -0.2) is 9.37 Å². The largest absolute Gasteiger partial charge is 0.350 e. The lowest BCUT2D eigenvalue weighted by atomic mass is 10.2. The molecule has 1 saturated heterocycles. The molecule has 0 spiro atoms. The molecule has 0 saturated carbocycles. The zero-order valence-electron chi connectivity index (χ0n) is 11.5. The first kappa shape index (κ1) is 14.1. The summed E-state index contributed by atoms with van der Waals surface area (Å²) in [6.45, 7) is 2.14. The fraction of sp³-hybridized carbons (Fsp3) is 0.333. The molecule has 2 heterocycles. The molecule has 0 bridgehead atoms. The number of hydrogen-bond acceptors (Lipinski definition) is 4. The molecule has 2 aromatic rings. The number of halogens is 1. The van der Waals surface area contributed by atoms with E-state index in [1.54, 1.807) is 29.1 Å². The summed E-state index contributed by atoms with van der Waals surface area (Å²) in [7, 11) is 0. The third-order valence-electron chi connectivity index (χ3n) is 3.47. The summed E-state index contributed by atoms with van der Waals surface area (Å²) < 4.78 is 14.5. The van der Waals surface area contributed by atoms with Gasteiger partial charge in [0.1, 0.15) is 5.82 Å². The van der Waals surface area contributed by atoms with E-state index in [1.807, 2.05) is 16.7 Å². The van der Waals surface area contributed by atoms with Gasteiger partial charge < -0.3 is 9.47 Å². The molecule has 1 aliphatic rings. The zero-order valence-corrected chi connectivity index (χ0v) is 12.4. The second kappa shape index (κ2) is 6.30. The fourth-order valence-corrected chi connectivity index (χ4v) is 3.24. The van der Waals surface area contributed by atoms with Crippen LogP contribution in [0.5, 0.6) is 0 Å². The van der Waals surface area contributed by atoms with E-state index in [-0.39, 0.29) is 11.4 Å². The summed E-state index contributed by atoms with van der Waals surface area (Å²) in [6.07, 6.45) is 3.33. The van der Waals surface area contributed by atoms with E-state index in [4.69, 9.17) is 0 Å². The number of nitrogens with zero attached hydrogens (tertiary/aromatic N) is 3. The van der Waals surface area contributed by atoms with Crippen LogP contribution in [0.15, 0.2) is 41.5 Å². The van der Waals surface area contributed by atoms with E-state index < -0.39 is 0 Å². The van der Waals surface area contributed by atoms with Gasteiger partial charge >= 0.3 is 0 Å². The van der Waals surface area contributed by atoms with Crippen LogP contribution in [0.4, 0.5) is 10.2 Å². The van der Waals surface area contributed by atoms with Gasteiger partial charge in [0.2, 0.25) is 0 Å². The lowest BCUT2D eigenvalue weighted by molar-refractivity contribution is 0.626. The molecule has 1 aliphatic heterocycles. The highest BCUT2D eigenvalue weighted by Crippen LogP contribution is 2.13. The average molecular weight is 305 g/mol. The SMILES string of the molecule is O=c1c(N2CCSCC2)nccn1Cc1ccc(F)cc1. The van der Waals surface area contributed by atoms with Crippen LogP contribution in [0.25, 0.3) is 0 Å². The maximum atomic E-state index is 12.9. The Labute approximate surface area is 126 Å². The molecule has 21 heavy (non-hydrogen) atoms. The van der Waals surface area contributed by atoms with Gasteiger partial charge in [-0.15, -0.1) is 0 Å². The molecule has 0 amide bonds. The molecular formula is C15H16FN3OS. The number of hydrogen-bond donors (Lipinski definition) is 0. The van der Waals surface area contributed by atoms with Crippen molar-refractivity contribution in [2.24, 2.45) is 0 Å². The molecule has 1 aromatic heterocycles. The van der Waals surface area contributed by atoms with Crippen LogP contribution in [0, 0.1) is 5.82 Å². The first-order valence-electron chi connectivity index (χ1n) is 6.86. The highest BCUT2D eigenvalue weighted by Gasteiger charge is 2.16. The Morgan fingerprint density at radius 1 is 1.19 bits per heavy atom. The first-order chi connectivity index (χ1) is 10.2. The number of anilines is 1. The van der Waals surface area contributed by atoms with E-state index in [1.165, 1.54) is 12.1 Å². The van der Waals surface area contributed by atoms with Crippen LogP contribution < -0.4 is 10.5 Å². The summed E-state index contributed by atoms with van der Waals surface area (Å²) in [5, 5.41) is 0. The maximum Gasteiger partial charge on any atom is 0.293 e. The Balaban J connectivity index is 1.86. The monoisotopic (exact) mass is 305 g/mol. The zero-order chi connectivity index (χ0) is 14.7. The highest BCUT2D eigenvalue weighted by molar-refractivity contribution is 7.99. The van der Waals surface area contributed by atoms with Crippen LogP contribution in [-0.4, -0.2) is 34.1 Å². The van der Waals surface area contributed by atoms with Crippen molar-refractivity contribution in [2.75, 3.05) is 29.5 Å². The van der Waals surface area contributed by atoms with Crippen LogP contribution in [0.3, 0.4) is 0 Å². The van der Waals surface area contributed by atoms with E-state index in [2.05, 4.69) is 4.98 Å². The number of aromatic nitrogens is 2. The lowest BCUT2D eigenvalue weighted by Crippen LogP contribution is -2.38.